The summed E-state index contributed by atoms with van der Waals surface area (Å²) in [5.41, 5.74) is 7.27. The molecule has 2 heterocycles. The number of nitro groups is 1. The van der Waals surface area contributed by atoms with Crippen molar-refractivity contribution >= 4 is 40.7 Å². The predicted molar refractivity (Wildman–Crippen MR) is 180 cm³/mol. The number of hydrogen-bond donors (Lipinski definition) is 0. The first-order chi connectivity index (χ1) is 21.2. The van der Waals surface area contributed by atoms with E-state index in [2.05, 4.69) is 97.6 Å². The van der Waals surface area contributed by atoms with Gasteiger partial charge in [-0.3, -0.25) is 10.1 Å². The normalized spacial score (nSPS) is 17.7. The second kappa shape index (κ2) is 10.3. The van der Waals surface area contributed by atoms with Crippen LogP contribution in [0.25, 0.3) is 39.5 Å². The van der Waals surface area contributed by atoms with E-state index in [0.717, 1.165) is 44.6 Å². The fourth-order valence-corrected chi connectivity index (χ4v) is 7.55. The lowest BCUT2D eigenvalue weighted by atomic mass is 9.72. The average molecular weight is 620 g/mol. The van der Waals surface area contributed by atoms with Crippen molar-refractivity contribution in [3.05, 3.63) is 140 Å². The van der Waals surface area contributed by atoms with Gasteiger partial charge in [-0.1, -0.05) is 114 Å². The highest BCUT2D eigenvalue weighted by molar-refractivity contribution is 6.39. The molecule has 2 aliphatic rings. The molecular formula is C37H28Cl2N2O3. The molecule has 0 radical (unpaired) electrons. The van der Waals surface area contributed by atoms with Crippen molar-refractivity contribution < 1.29 is 9.66 Å². The van der Waals surface area contributed by atoms with Crippen molar-refractivity contribution in [2.45, 2.75) is 25.0 Å². The summed E-state index contributed by atoms with van der Waals surface area (Å²) in [6, 6.07) is 35.1. The van der Waals surface area contributed by atoms with Crippen molar-refractivity contribution in [3.63, 3.8) is 0 Å². The van der Waals surface area contributed by atoms with Crippen LogP contribution in [0.15, 0.2) is 109 Å². The molecule has 0 saturated heterocycles. The van der Waals surface area contributed by atoms with E-state index < -0.39 is 16.1 Å². The number of hydrogen-bond acceptors (Lipinski definition) is 4. The molecule has 218 valence electrons. The highest BCUT2D eigenvalue weighted by Crippen LogP contribution is 2.61. The number of likely N-dealkylation sites (N-methyl/N-ethyl adjacent to an activating group) is 1. The monoisotopic (exact) mass is 618 g/mol. The number of benzene rings is 5. The molecule has 2 aliphatic heterocycles. The summed E-state index contributed by atoms with van der Waals surface area (Å²) in [7, 11) is 2.05. The highest BCUT2D eigenvalue weighted by atomic mass is 35.5. The number of ether oxygens (including phenoxy) is 1. The van der Waals surface area contributed by atoms with Gasteiger partial charge in [0.25, 0.3) is 0 Å². The molecule has 0 aromatic heterocycles. The van der Waals surface area contributed by atoms with Crippen LogP contribution in [0.5, 0.6) is 5.75 Å². The quantitative estimate of drug-likeness (QED) is 0.148. The van der Waals surface area contributed by atoms with Gasteiger partial charge in [0.1, 0.15) is 15.8 Å². The van der Waals surface area contributed by atoms with Crippen LogP contribution in [0.4, 0.5) is 11.4 Å². The molecule has 1 atom stereocenters. The number of nitro benzene ring substituents is 1. The van der Waals surface area contributed by atoms with Gasteiger partial charge < -0.3 is 9.64 Å². The summed E-state index contributed by atoms with van der Waals surface area (Å²) in [4.78, 5) is 13.4. The Balaban J connectivity index is 1.56. The topological polar surface area (TPSA) is 55.6 Å². The molecule has 1 spiro atoms. The smallest absolute Gasteiger partial charge is 0.307 e. The summed E-state index contributed by atoms with van der Waals surface area (Å²) in [5, 5.41) is 11.6. The molecule has 7 heteroatoms. The lowest BCUT2D eigenvalue weighted by Crippen LogP contribution is -2.58. The number of fused-ring (bicyclic) bond motifs is 2. The van der Waals surface area contributed by atoms with Crippen molar-refractivity contribution in [2.75, 3.05) is 11.9 Å². The molecule has 0 bridgehead atoms. The van der Waals surface area contributed by atoms with E-state index in [4.69, 9.17) is 27.9 Å². The number of halogens is 2. The molecule has 5 aromatic rings. The Kier molecular flexibility index (Phi) is 6.58. The largest absolute Gasteiger partial charge is 0.463 e. The van der Waals surface area contributed by atoms with Crippen LogP contribution in [-0.4, -0.2) is 17.7 Å². The maximum absolute atomic E-state index is 11.7. The van der Waals surface area contributed by atoms with Gasteiger partial charge in [0.05, 0.1) is 16.0 Å². The molecule has 0 fully saturated rings. The van der Waals surface area contributed by atoms with Crippen molar-refractivity contribution in [3.8, 4) is 39.1 Å². The Hall–Kier alpha value is -4.58. The summed E-state index contributed by atoms with van der Waals surface area (Å²) in [6.45, 7) is 4.37. The van der Waals surface area contributed by atoms with Crippen LogP contribution < -0.4 is 9.64 Å². The van der Waals surface area contributed by atoms with Crippen molar-refractivity contribution in [1.29, 1.82) is 0 Å². The van der Waals surface area contributed by atoms with Gasteiger partial charge in [-0.25, -0.2) is 0 Å². The van der Waals surface area contributed by atoms with Crippen LogP contribution in [0.1, 0.15) is 25.0 Å². The van der Waals surface area contributed by atoms with E-state index in [1.165, 1.54) is 6.07 Å². The Labute approximate surface area is 266 Å². The maximum Gasteiger partial charge on any atom is 0.307 e. The van der Waals surface area contributed by atoms with Crippen molar-refractivity contribution in [2.24, 2.45) is 0 Å². The van der Waals surface area contributed by atoms with Gasteiger partial charge in [-0.15, -0.1) is 0 Å². The van der Waals surface area contributed by atoms with Gasteiger partial charge in [-0.05, 0) is 65.4 Å². The van der Waals surface area contributed by atoms with Gasteiger partial charge in [0.2, 0.25) is 5.72 Å². The number of anilines is 1. The molecule has 0 N–H and O–H groups in total. The highest BCUT2D eigenvalue weighted by Gasteiger charge is 2.60. The third kappa shape index (κ3) is 4.00. The molecule has 0 aliphatic carbocycles. The second-order valence-corrected chi connectivity index (χ2v) is 12.5. The standard InChI is InChI=1S/C37H28Cl2N2O3/c1-36(2)32-28(24-15-9-5-10-16-24)21-27(23-13-7-4-8-14-23)31(25-17-11-6-12-18-25)35(32)40(3)37(36)20-19-26-30(44-37)22-29(38)34(33(26)39)41(42)43/h4-22H,1-3H3. The molecule has 1 unspecified atom stereocenters. The minimum Gasteiger partial charge on any atom is -0.463 e. The molecule has 0 amide bonds. The van der Waals surface area contributed by atoms with Crippen molar-refractivity contribution in [1.82, 2.24) is 0 Å². The summed E-state index contributed by atoms with van der Waals surface area (Å²) < 4.78 is 6.96. The third-order valence-corrected chi connectivity index (χ3v) is 9.68. The van der Waals surface area contributed by atoms with Gasteiger partial charge in [-0.2, -0.15) is 0 Å². The van der Waals surface area contributed by atoms with Crippen LogP contribution in [-0.2, 0) is 5.41 Å². The van der Waals surface area contributed by atoms with E-state index in [0.29, 0.717) is 11.3 Å². The fraction of sp³-hybridized carbons (Fsp3) is 0.135. The molecular weight excluding hydrogens is 591 g/mol. The lowest BCUT2D eigenvalue weighted by Gasteiger charge is -2.46. The maximum atomic E-state index is 11.7. The van der Waals surface area contributed by atoms with Gasteiger partial charge >= 0.3 is 5.69 Å². The molecule has 5 aromatic carbocycles. The van der Waals surface area contributed by atoms with Crippen LogP contribution in [0.2, 0.25) is 10.0 Å². The third-order valence-electron chi connectivity index (χ3n) is 9.01. The Morgan fingerprint density at radius 3 is 1.91 bits per heavy atom. The van der Waals surface area contributed by atoms with E-state index in [-0.39, 0.29) is 15.7 Å². The average Bonchev–Trinajstić information content (AvgIpc) is 3.19. The summed E-state index contributed by atoms with van der Waals surface area (Å²) in [6.07, 6.45) is 3.81. The first-order valence-electron chi connectivity index (χ1n) is 14.3. The second-order valence-electron chi connectivity index (χ2n) is 11.7. The minimum absolute atomic E-state index is 0.0408. The van der Waals surface area contributed by atoms with Crippen LogP contribution in [0.3, 0.4) is 0 Å². The SMILES string of the molecule is CN1c2c(-c3ccccc3)c(-c3ccccc3)cc(-c3ccccc3)c2C(C)(C)C12C=Cc1c(cc(Cl)c([N+](=O)[O-])c1Cl)O2. The zero-order valence-electron chi connectivity index (χ0n) is 24.3. The number of rotatable bonds is 4. The first-order valence-corrected chi connectivity index (χ1v) is 15.1. The zero-order chi connectivity index (χ0) is 30.8. The summed E-state index contributed by atoms with van der Waals surface area (Å²) in [5.74, 6) is 0.395. The van der Waals surface area contributed by atoms with E-state index >= 15 is 0 Å². The predicted octanol–water partition coefficient (Wildman–Crippen LogP) is 10.4. The summed E-state index contributed by atoms with van der Waals surface area (Å²) >= 11 is 13.0. The Morgan fingerprint density at radius 2 is 1.34 bits per heavy atom. The number of nitrogens with zero attached hydrogens (tertiary/aromatic N) is 2. The van der Waals surface area contributed by atoms with Gasteiger partial charge in [0.15, 0.2) is 0 Å². The molecule has 5 nitrogen and oxygen atoms in total. The molecule has 44 heavy (non-hydrogen) atoms. The van der Waals surface area contributed by atoms with E-state index in [1.54, 1.807) is 0 Å². The molecule has 7 rings (SSSR count). The van der Waals surface area contributed by atoms with E-state index in [9.17, 15) is 10.1 Å². The van der Waals surface area contributed by atoms with Gasteiger partial charge in [0, 0.05) is 24.2 Å². The Bertz CT molecular complexity index is 1980. The van der Waals surface area contributed by atoms with Crippen LogP contribution >= 0.6 is 23.2 Å². The van der Waals surface area contributed by atoms with Crippen LogP contribution in [0, 0.1) is 10.1 Å². The van der Waals surface area contributed by atoms with E-state index in [1.807, 2.05) is 37.4 Å². The minimum atomic E-state index is -1.01. The first kappa shape index (κ1) is 28.2. The Morgan fingerprint density at radius 1 is 0.795 bits per heavy atom. The molecule has 0 saturated carbocycles. The zero-order valence-corrected chi connectivity index (χ0v) is 25.9. The lowest BCUT2D eigenvalue weighted by molar-refractivity contribution is -0.384. The fourth-order valence-electron chi connectivity index (χ4n) is 6.91.